The van der Waals surface area contributed by atoms with Crippen LogP contribution in [-0.4, -0.2) is 47.8 Å². The molecule has 1 fully saturated rings. The van der Waals surface area contributed by atoms with Crippen molar-refractivity contribution < 1.29 is 9.84 Å². The van der Waals surface area contributed by atoms with Crippen LogP contribution in [0.25, 0.3) is 10.9 Å². The number of unbranched alkanes of at least 4 members (excludes halogenated alkanes) is 4. The average Bonchev–Trinajstić information content (AvgIpc) is 2.74. The van der Waals surface area contributed by atoms with Crippen molar-refractivity contribution in [1.82, 2.24) is 9.88 Å². The smallest absolute Gasteiger partial charge is 0.119 e. The summed E-state index contributed by atoms with van der Waals surface area (Å²) in [7, 11) is 1.68. The van der Waals surface area contributed by atoms with Gasteiger partial charge < -0.3 is 14.7 Å². The standard InChI is InChI=1S/C25H38N2O2/c1-3-4-5-6-7-14-27-15-11-20(12-16-27)17-22(28)18-21-10-13-26-25-9-8-23(29-2)19-24(21)25/h8-10,13,19-20,22,28H,3-7,11-12,14-18H2,1-2H3/t22-/m0/s1. The molecule has 0 aliphatic carbocycles. The van der Waals surface area contributed by atoms with Gasteiger partial charge in [-0.25, -0.2) is 0 Å². The molecule has 1 aliphatic rings. The summed E-state index contributed by atoms with van der Waals surface area (Å²) in [6.07, 6.45) is 12.4. The quantitative estimate of drug-likeness (QED) is 0.527. The minimum Gasteiger partial charge on any atom is -0.497 e. The van der Waals surface area contributed by atoms with Crippen molar-refractivity contribution in [2.24, 2.45) is 5.92 Å². The fraction of sp³-hybridized carbons (Fsp3) is 0.640. The van der Waals surface area contributed by atoms with Gasteiger partial charge in [0.25, 0.3) is 0 Å². The van der Waals surface area contributed by atoms with Crippen LogP contribution in [0.2, 0.25) is 0 Å². The largest absolute Gasteiger partial charge is 0.497 e. The maximum atomic E-state index is 10.8. The molecule has 160 valence electrons. The van der Waals surface area contributed by atoms with Gasteiger partial charge in [-0.1, -0.05) is 32.6 Å². The third kappa shape index (κ3) is 6.68. The fourth-order valence-electron chi connectivity index (χ4n) is 4.59. The van der Waals surface area contributed by atoms with Crippen LogP contribution in [0.15, 0.2) is 30.5 Å². The Bertz CT molecular complexity index is 741. The lowest BCUT2D eigenvalue weighted by Crippen LogP contribution is -2.35. The molecule has 1 aliphatic heterocycles. The second kappa shape index (κ2) is 11.5. The topological polar surface area (TPSA) is 45.6 Å². The van der Waals surface area contributed by atoms with Crippen molar-refractivity contribution in [2.45, 2.75) is 70.8 Å². The fourth-order valence-corrected chi connectivity index (χ4v) is 4.59. The molecule has 0 amide bonds. The van der Waals surface area contributed by atoms with Crippen LogP contribution in [0.5, 0.6) is 5.75 Å². The molecule has 0 saturated carbocycles. The molecule has 0 bridgehead atoms. The lowest BCUT2D eigenvalue weighted by Gasteiger charge is -2.33. The molecule has 0 spiro atoms. The van der Waals surface area contributed by atoms with E-state index in [1.807, 2.05) is 30.5 Å². The second-order valence-corrected chi connectivity index (χ2v) is 8.65. The molecule has 1 saturated heterocycles. The Morgan fingerprint density at radius 1 is 1.14 bits per heavy atom. The number of hydrogen-bond acceptors (Lipinski definition) is 4. The van der Waals surface area contributed by atoms with Crippen LogP contribution in [-0.2, 0) is 6.42 Å². The van der Waals surface area contributed by atoms with Gasteiger partial charge in [-0.3, -0.25) is 4.98 Å². The number of aliphatic hydroxyl groups is 1. The summed E-state index contributed by atoms with van der Waals surface area (Å²) in [5, 5.41) is 11.9. The van der Waals surface area contributed by atoms with Crippen molar-refractivity contribution in [3.63, 3.8) is 0 Å². The number of fused-ring (bicyclic) bond motifs is 1. The van der Waals surface area contributed by atoms with E-state index in [0.29, 0.717) is 12.3 Å². The van der Waals surface area contributed by atoms with E-state index in [1.54, 1.807) is 7.11 Å². The highest BCUT2D eigenvalue weighted by Crippen LogP contribution is 2.27. The van der Waals surface area contributed by atoms with E-state index >= 15 is 0 Å². The lowest BCUT2D eigenvalue weighted by molar-refractivity contribution is 0.107. The Kier molecular flexibility index (Phi) is 8.75. The van der Waals surface area contributed by atoms with Crippen molar-refractivity contribution in [2.75, 3.05) is 26.7 Å². The van der Waals surface area contributed by atoms with E-state index in [9.17, 15) is 5.11 Å². The molecule has 1 aromatic carbocycles. The predicted octanol–water partition coefficient (Wildman–Crippen LogP) is 5.22. The van der Waals surface area contributed by atoms with Gasteiger partial charge in [0.2, 0.25) is 0 Å². The normalized spacial score (nSPS) is 16.9. The van der Waals surface area contributed by atoms with Crippen LogP contribution in [0.3, 0.4) is 0 Å². The first-order chi connectivity index (χ1) is 14.2. The minimum absolute atomic E-state index is 0.294. The van der Waals surface area contributed by atoms with Crippen molar-refractivity contribution >= 4 is 10.9 Å². The van der Waals surface area contributed by atoms with Crippen LogP contribution < -0.4 is 4.74 Å². The van der Waals surface area contributed by atoms with E-state index in [4.69, 9.17) is 4.74 Å². The Balaban J connectivity index is 1.45. The third-order valence-electron chi connectivity index (χ3n) is 6.39. The first-order valence-electron chi connectivity index (χ1n) is 11.5. The van der Waals surface area contributed by atoms with E-state index < -0.39 is 0 Å². The van der Waals surface area contributed by atoms with E-state index in [1.165, 1.54) is 64.6 Å². The van der Waals surface area contributed by atoms with Gasteiger partial charge in [0.1, 0.15) is 5.75 Å². The number of methoxy groups -OCH3 is 1. The van der Waals surface area contributed by atoms with E-state index in [2.05, 4.69) is 16.8 Å². The zero-order valence-corrected chi connectivity index (χ0v) is 18.3. The monoisotopic (exact) mass is 398 g/mol. The summed E-state index contributed by atoms with van der Waals surface area (Å²) in [5.41, 5.74) is 2.12. The van der Waals surface area contributed by atoms with Crippen molar-refractivity contribution in [3.05, 3.63) is 36.0 Å². The molecule has 0 unspecified atom stereocenters. The number of piperidine rings is 1. The van der Waals surface area contributed by atoms with Crippen molar-refractivity contribution in [1.29, 1.82) is 0 Å². The van der Waals surface area contributed by atoms with Crippen LogP contribution in [0, 0.1) is 5.92 Å². The summed E-state index contributed by atoms with van der Waals surface area (Å²) in [4.78, 5) is 7.07. The first kappa shape index (κ1) is 22.0. The van der Waals surface area contributed by atoms with E-state index in [-0.39, 0.29) is 6.10 Å². The molecular formula is C25H38N2O2. The van der Waals surface area contributed by atoms with Gasteiger partial charge in [0.05, 0.1) is 18.7 Å². The molecular weight excluding hydrogens is 360 g/mol. The Morgan fingerprint density at radius 3 is 2.69 bits per heavy atom. The van der Waals surface area contributed by atoms with Crippen LogP contribution >= 0.6 is 0 Å². The molecule has 4 heteroatoms. The Hall–Kier alpha value is -1.65. The summed E-state index contributed by atoms with van der Waals surface area (Å²) in [6, 6.07) is 7.99. The lowest BCUT2D eigenvalue weighted by atomic mass is 9.88. The summed E-state index contributed by atoms with van der Waals surface area (Å²) >= 11 is 0. The molecule has 0 radical (unpaired) electrons. The molecule has 29 heavy (non-hydrogen) atoms. The number of nitrogens with zero attached hydrogens (tertiary/aromatic N) is 2. The highest BCUT2D eigenvalue weighted by Gasteiger charge is 2.22. The maximum absolute atomic E-state index is 10.8. The number of aromatic nitrogens is 1. The summed E-state index contributed by atoms with van der Waals surface area (Å²) < 4.78 is 5.37. The Morgan fingerprint density at radius 2 is 1.93 bits per heavy atom. The number of benzene rings is 1. The summed E-state index contributed by atoms with van der Waals surface area (Å²) in [6.45, 7) is 5.91. The summed E-state index contributed by atoms with van der Waals surface area (Å²) in [5.74, 6) is 1.48. The molecule has 2 aromatic rings. The molecule has 2 heterocycles. The van der Waals surface area contributed by atoms with Gasteiger partial charge in [-0.2, -0.15) is 0 Å². The highest BCUT2D eigenvalue weighted by atomic mass is 16.5. The van der Waals surface area contributed by atoms with Gasteiger partial charge in [-0.05, 0) is 87.5 Å². The number of aliphatic hydroxyl groups excluding tert-OH is 1. The Labute approximate surface area is 176 Å². The van der Waals surface area contributed by atoms with Gasteiger partial charge in [-0.15, -0.1) is 0 Å². The highest BCUT2D eigenvalue weighted by molar-refractivity contribution is 5.83. The van der Waals surface area contributed by atoms with Gasteiger partial charge in [0, 0.05) is 11.6 Å². The molecule has 1 atom stereocenters. The zero-order valence-electron chi connectivity index (χ0n) is 18.3. The molecule has 3 rings (SSSR count). The number of likely N-dealkylation sites (tertiary alicyclic amines) is 1. The molecule has 1 aromatic heterocycles. The maximum Gasteiger partial charge on any atom is 0.119 e. The molecule has 1 N–H and O–H groups in total. The number of ether oxygens (including phenoxy) is 1. The van der Waals surface area contributed by atoms with Crippen LogP contribution in [0.4, 0.5) is 0 Å². The average molecular weight is 399 g/mol. The minimum atomic E-state index is -0.294. The van der Waals surface area contributed by atoms with Crippen LogP contribution in [0.1, 0.15) is 63.9 Å². The van der Waals surface area contributed by atoms with Gasteiger partial charge >= 0.3 is 0 Å². The van der Waals surface area contributed by atoms with Gasteiger partial charge in [0.15, 0.2) is 0 Å². The second-order valence-electron chi connectivity index (χ2n) is 8.65. The SMILES string of the molecule is CCCCCCCN1CCC(C[C@H](O)Cc2ccnc3ccc(OC)cc23)CC1. The number of hydrogen-bond donors (Lipinski definition) is 1. The van der Waals surface area contributed by atoms with E-state index in [0.717, 1.165) is 28.6 Å². The first-order valence-corrected chi connectivity index (χ1v) is 11.5. The zero-order chi connectivity index (χ0) is 20.5. The molecule has 4 nitrogen and oxygen atoms in total. The van der Waals surface area contributed by atoms with Crippen molar-refractivity contribution in [3.8, 4) is 5.75 Å². The number of pyridine rings is 1. The number of rotatable bonds is 11. The predicted molar refractivity (Wildman–Crippen MR) is 121 cm³/mol. The third-order valence-corrected chi connectivity index (χ3v) is 6.39.